The van der Waals surface area contributed by atoms with E-state index in [1.165, 1.54) is 25.7 Å². The van der Waals surface area contributed by atoms with Gasteiger partial charge < -0.3 is 20.5 Å². The molecule has 1 saturated carbocycles. The van der Waals surface area contributed by atoms with Crippen molar-refractivity contribution in [3.05, 3.63) is 12.2 Å². The van der Waals surface area contributed by atoms with Gasteiger partial charge >= 0.3 is 0 Å². The van der Waals surface area contributed by atoms with Crippen LogP contribution in [0.2, 0.25) is 0 Å². The minimum absolute atomic E-state index is 0.157. The Bertz CT molecular complexity index is 564. The van der Waals surface area contributed by atoms with Gasteiger partial charge in [-0.25, -0.2) is 0 Å². The van der Waals surface area contributed by atoms with Crippen molar-refractivity contribution in [3.63, 3.8) is 0 Å². The lowest BCUT2D eigenvalue weighted by molar-refractivity contribution is -0.121. The zero-order valence-corrected chi connectivity index (χ0v) is 16.1. The molecular formula is C18H33N7O. The first-order valence-corrected chi connectivity index (χ1v) is 9.88. The monoisotopic (exact) mass is 363 g/mol. The molecular weight excluding hydrogens is 330 g/mol. The van der Waals surface area contributed by atoms with Gasteiger partial charge in [-0.1, -0.05) is 19.8 Å². The van der Waals surface area contributed by atoms with Crippen LogP contribution in [0.1, 0.15) is 51.8 Å². The van der Waals surface area contributed by atoms with Crippen LogP contribution in [0.25, 0.3) is 0 Å². The largest absolute Gasteiger partial charge is 0.357 e. The Morgan fingerprint density at radius 3 is 2.77 bits per heavy atom. The van der Waals surface area contributed by atoms with Crippen LogP contribution in [-0.4, -0.2) is 52.8 Å². The summed E-state index contributed by atoms with van der Waals surface area (Å²) in [7, 11) is 0. The topological polar surface area (TPSA) is 96.2 Å². The molecule has 0 bridgehead atoms. The molecule has 0 radical (unpaired) electrons. The maximum Gasteiger partial charge on any atom is 0.220 e. The molecule has 26 heavy (non-hydrogen) atoms. The lowest BCUT2D eigenvalue weighted by Crippen LogP contribution is -2.39. The highest BCUT2D eigenvalue weighted by molar-refractivity contribution is 5.79. The van der Waals surface area contributed by atoms with Crippen LogP contribution in [0.5, 0.6) is 0 Å². The zero-order chi connectivity index (χ0) is 18.6. The van der Waals surface area contributed by atoms with Crippen LogP contribution in [0.3, 0.4) is 0 Å². The van der Waals surface area contributed by atoms with Gasteiger partial charge in [-0.3, -0.25) is 9.79 Å². The summed E-state index contributed by atoms with van der Waals surface area (Å²) in [6.07, 6.45) is 8.24. The number of aliphatic imine (C=N–C) groups is 1. The predicted molar refractivity (Wildman–Crippen MR) is 103 cm³/mol. The van der Waals surface area contributed by atoms with Crippen molar-refractivity contribution in [1.29, 1.82) is 0 Å². The van der Waals surface area contributed by atoms with Gasteiger partial charge in [-0.05, 0) is 25.7 Å². The second-order valence-electron chi connectivity index (χ2n) is 6.69. The molecule has 1 fully saturated rings. The van der Waals surface area contributed by atoms with E-state index in [9.17, 15) is 4.79 Å². The Morgan fingerprint density at radius 1 is 1.23 bits per heavy atom. The average Bonchev–Trinajstić information content (AvgIpc) is 3.30. The summed E-state index contributed by atoms with van der Waals surface area (Å²) in [6.45, 7) is 7.58. The summed E-state index contributed by atoms with van der Waals surface area (Å²) in [5.41, 5.74) is 0. The number of aryl methyl sites for hydroxylation is 1. The van der Waals surface area contributed by atoms with Gasteiger partial charge in [-0.15, -0.1) is 10.2 Å². The lowest BCUT2D eigenvalue weighted by Gasteiger charge is -2.12. The van der Waals surface area contributed by atoms with E-state index in [1.807, 2.05) is 11.5 Å². The molecule has 146 valence electrons. The first kappa shape index (κ1) is 20.2. The number of carbonyl (C=O) groups is 1. The van der Waals surface area contributed by atoms with E-state index in [-0.39, 0.29) is 5.91 Å². The second kappa shape index (κ2) is 11.5. The van der Waals surface area contributed by atoms with Gasteiger partial charge in [0.25, 0.3) is 0 Å². The van der Waals surface area contributed by atoms with Crippen LogP contribution in [0.15, 0.2) is 11.3 Å². The van der Waals surface area contributed by atoms with E-state index in [4.69, 9.17) is 0 Å². The predicted octanol–water partition coefficient (Wildman–Crippen LogP) is 1.09. The number of hydrogen-bond acceptors (Lipinski definition) is 4. The van der Waals surface area contributed by atoms with Crippen LogP contribution in [0.4, 0.5) is 0 Å². The standard InChI is InChI=1S/C18H33N7O/c1-3-16-24-23-14-25(16)12-11-22-18(19-4-2)21-10-9-20-17(26)13-15-7-5-6-8-15/h14-15H,3-13H2,1-2H3,(H,20,26)(H2,19,21,22). The Hall–Kier alpha value is -2.12. The highest BCUT2D eigenvalue weighted by Gasteiger charge is 2.17. The Kier molecular flexibility index (Phi) is 8.92. The lowest BCUT2D eigenvalue weighted by atomic mass is 10.0. The molecule has 1 aromatic rings. The zero-order valence-electron chi connectivity index (χ0n) is 16.1. The number of nitrogens with zero attached hydrogens (tertiary/aromatic N) is 4. The number of aromatic nitrogens is 3. The number of hydrogen-bond donors (Lipinski definition) is 3. The first-order chi connectivity index (χ1) is 12.7. The highest BCUT2D eigenvalue weighted by Crippen LogP contribution is 2.27. The average molecular weight is 364 g/mol. The second-order valence-corrected chi connectivity index (χ2v) is 6.69. The van der Waals surface area contributed by atoms with Gasteiger partial charge in [0.1, 0.15) is 12.2 Å². The molecule has 1 aromatic heterocycles. The van der Waals surface area contributed by atoms with E-state index in [2.05, 4.69) is 38.1 Å². The van der Waals surface area contributed by atoms with Crippen molar-refractivity contribution < 1.29 is 4.79 Å². The molecule has 8 nitrogen and oxygen atoms in total. The van der Waals surface area contributed by atoms with E-state index >= 15 is 0 Å². The molecule has 1 aliphatic carbocycles. The molecule has 0 saturated heterocycles. The number of guanidine groups is 1. The van der Waals surface area contributed by atoms with Crippen molar-refractivity contribution in [2.75, 3.05) is 26.2 Å². The van der Waals surface area contributed by atoms with Crippen molar-refractivity contribution in [3.8, 4) is 0 Å². The third kappa shape index (κ3) is 7.01. The van der Waals surface area contributed by atoms with Crippen LogP contribution in [-0.2, 0) is 17.8 Å². The quantitative estimate of drug-likeness (QED) is 0.329. The third-order valence-corrected chi connectivity index (χ3v) is 4.65. The highest BCUT2D eigenvalue weighted by atomic mass is 16.1. The summed E-state index contributed by atoms with van der Waals surface area (Å²) < 4.78 is 2.04. The molecule has 8 heteroatoms. The summed E-state index contributed by atoms with van der Waals surface area (Å²) in [5.74, 6) is 2.50. The molecule has 2 rings (SSSR count). The van der Waals surface area contributed by atoms with Crippen LogP contribution in [0, 0.1) is 5.92 Å². The molecule has 0 atom stereocenters. The van der Waals surface area contributed by atoms with Crippen LogP contribution >= 0.6 is 0 Å². The van der Waals surface area contributed by atoms with E-state index in [1.54, 1.807) is 6.33 Å². The van der Waals surface area contributed by atoms with Crippen molar-refractivity contribution in [2.45, 2.75) is 58.9 Å². The first-order valence-electron chi connectivity index (χ1n) is 9.88. The fourth-order valence-corrected chi connectivity index (χ4v) is 3.29. The SMILES string of the molecule is CCNC(=NCCNC(=O)CC1CCCC1)NCCn1cnnc1CC. The number of amides is 1. The Morgan fingerprint density at radius 2 is 2.04 bits per heavy atom. The molecule has 1 aliphatic rings. The van der Waals surface area contributed by atoms with Crippen molar-refractivity contribution >= 4 is 11.9 Å². The van der Waals surface area contributed by atoms with Crippen molar-refractivity contribution in [2.24, 2.45) is 10.9 Å². The summed E-state index contributed by atoms with van der Waals surface area (Å²) in [6, 6.07) is 0. The van der Waals surface area contributed by atoms with Gasteiger partial charge in [0.05, 0.1) is 6.54 Å². The van der Waals surface area contributed by atoms with Crippen molar-refractivity contribution in [1.82, 2.24) is 30.7 Å². The maximum atomic E-state index is 11.9. The minimum atomic E-state index is 0.157. The van der Waals surface area contributed by atoms with E-state index in [0.717, 1.165) is 37.8 Å². The molecule has 1 amide bonds. The molecule has 3 N–H and O–H groups in total. The number of carbonyl (C=O) groups excluding carboxylic acids is 1. The minimum Gasteiger partial charge on any atom is -0.357 e. The summed E-state index contributed by atoms with van der Waals surface area (Å²) in [5, 5.41) is 17.5. The summed E-state index contributed by atoms with van der Waals surface area (Å²) in [4.78, 5) is 16.4. The maximum absolute atomic E-state index is 11.9. The normalized spacial score (nSPS) is 15.2. The van der Waals surface area contributed by atoms with Gasteiger partial charge in [0, 0.05) is 39.0 Å². The Labute approximate surface area is 156 Å². The van der Waals surface area contributed by atoms with Gasteiger partial charge in [0.2, 0.25) is 5.91 Å². The van der Waals surface area contributed by atoms with E-state index < -0.39 is 0 Å². The molecule has 0 aliphatic heterocycles. The third-order valence-electron chi connectivity index (χ3n) is 4.65. The molecule has 0 unspecified atom stereocenters. The number of rotatable bonds is 10. The van der Waals surface area contributed by atoms with Gasteiger partial charge in [-0.2, -0.15) is 0 Å². The van der Waals surface area contributed by atoms with Gasteiger partial charge in [0.15, 0.2) is 5.96 Å². The van der Waals surface area contributed by atoms with Crippen LogP contribution < -0.4 is 16.0 Å². The summed E-state index contributed by atoms with van der Waals surface area (Å²) >= 11 is 0. The molecule has 1 heterocycles. The smallest absolute Gasteiger partial charge is 0.220 e. The fraction of sp³-hybridized carbons (Fsp3) is 0.778. The molecule has 0 spiro atoms. The number of nitrogens with one attached hydrogen (secondary N) is 3. The Balaban J connectivity index is 1.65. The fourth-order valence-electron chi connectivity index (χ4n) is 3.29. The van der Waals surface area contributed by atoms with E-state index in [0.29, 0.717) is 25.4 Å². The molecule has 0 aromatic carbocycles.